The van der Waals surface area contributed by atoms with Crippen LogP contribution in [0, 0.1) is 0 Å². The molecule has 0 fully saturated rings. The summed E-state index contributed by atoms with van der Waals surface area (Å²) in [6, 6.07) is 0. The Morgan fingerprint density at radius 1 is 1.09 bits per heavy atom. The summed E-state index contributed by atoms with van der Waals surface area (Å²) in [7, 11) is 2.20. The smallest absolute Gasteiger partial charge is 0.101 e. The third-order valence-electron chi connectivity index (χ3n) is 4.68. The van der Waals surface area contributed by atoms with E-state index >= 15 is 0 Å². The lowest BCUT2D eigenvalue weighted by molar-refractivity contribution is 0.117. The Morgan fingerprint density at radius 3 is 2.09 bits per heavy atom. The highest BCUT2D eigenvalue weighted by atomic mass is 19.1. The second-order valence-electron chi connectivity index (χ2n) is 6.02. The second kappa shape index (κ2) is 10.7. The van der Waals surface area contributed by atoms with Gasteiger partial charge in [0.2, 0.25) is 0 Å². The monoisotopic (exact) mass is 323 g/mol. The molecular formula is C21H38FN. The molecule has 2 aliphatic rings. The first-order chi connectivity index (χ1) is 11.0. The van der Waals surface area contributed by atoms with Crippen LogP contribution < -0.4 is 0 Å². The average molecular weight is 324 g/mol. The van der Waals surface area contributed by atoms with Gasteiger partial charge in [-0.25, -0.2) is 4.39 Å². The molecule has 0 radical (unpaired) electrons. The zero-order chi connectivity index (χ0) is 18.0. The number of halogens is 1. The quantitative estimate of drug-likeness (QED) is 0.530. The van der Waals surface area contributed by atoms with Gasteiger partial charge in [0.1, 0.15) is 5.83 Å². The molecule has 0 aromatic carbocycles. The first-order valence-electron chi connectivity index (χ1n) is 9.55. The first-order valence-corrected chi connectivity index (χ1v) is 9.55. The van der Waals surface area contributed by atoms with Crippen molar-refractivity contribution >= 4 is 0 Å². The number of hydrogen-bond acceptors (Lipinski definition) is 1. The van der Waals surface area contributed by atoms with Crippen molar-refractivity contribution in [3.05, 3.63) is 35.3 Å². The Labute approximate surface area is 144 Å². The SMILES string of the molecule is C=C1CC(CCC)(CCC)N(C)C2=C1C=C(F)CC2.CC.CC. The molecule has 2 heteroatoms. The Hall–Kier alpha value is -1.05. The molecule has 1 aliphatic carbocycles. The van der Waals surface area contributed by atoms with Crippen molar-refractivity contribution in [2.45, 2.75) is 92.0 Å². The second-order valence-corrected chi connectivity index (χ2v) is 6.02. The van der Waals surface area contributed by atoms with Gasteiger partial charge in [-0.1, -0.05) is 61.0 Å². The third kappa shape index (κ3) is 4.96. The van der Waals surface area contributed by atoms with Crippen molar-refractivity contribution in [1.82, 2.24) is 4.90 Å². The molecule has 1 aliphatic heterocycles. The summed E-state index contributed by atoms with van der Waals surface area (Å²) in [4.78, 5) is 2.45. The van der Waals surface area contributed by atoms with E-state index in [4.69, 9.17) is 0 Å². The van der Waals surface area contributed by atoms with Crippen molar-refractivity contribution in [3.8, 4) is 0 Å². The van der Waals surface area contributed by atoms with Crippen molar-refractivity contribution in [1.29, 1.82) is 0 Å². The maximum Gasteiger partial charge on any atom is 0.101 e. The zero-order valence-electron chi connectivity index (χ0n) is 16.6. The normalized spacial score (nSPS) is 19.0. The topological polar surface area (TPSA) is 3.24 Å². The lowest BCUT2D eigenvalue weighted by atomic mass is 9.74. The van der Waals surface area contributed by atoms with Crippen LogP contribution >= 0.6 is 0 Å². The van der Waals surface area contributed by atoms with E-state index in [9.17, 15) is 4.39 Å². The van der Waals surface area contributed by atoms with E-state index in [1.165, 1.54) is 31.4 Å². The lowest BCUT2D eigenvalue weighted by Crippen LogP contribution is -2.49. The molecule has 1 nitrogen and oxygen atoms in total. The Bertz CT molecular complexity index is 425. The summed E-state index contributed by atoms with van der Waals surface area (Å²) in [5, 5.41) is 0. The Morgan fingerprint density at radius 2 is 1.61 bits per heavy atom. The fourth-order valence-electron chi connectivity index (χ4n) is 3.80. The van der Waals surface area contributed by atoms with Crippen molar-refractivity contribution in [2.24, 2.45) is 0 Å². The van der Waals surface area contributed by atoms with Gasteiger partial charge in [-0.2, -0.15) is 0 Å². The van der Waals surface area contributed by atoms with E-state index < -0.39 is 0 Å². The van der Waals surface area contributed by atoms with Crippen LogP contribution in [0.2, 0.25) is 0 Å². The van der Waals surface area contributed by atoms with E-state index in [-0.39, 0.29) is 11.4 Å². The van der Waals surface area contributed by atoms with E-state index in [0.29, 0.717) is 6.42 Å². The Balaban J connectivity index is 0.00000112. The minimum Gasteiger partial charge on any atom is -0.371 e. The standard InChI is InChI=1S/C17H26FN.2C2H6/c1-5-9-17(10-6-2)12-13(3)15-11-14(18)7-8-16(15)19(17)4;2*1-2/h11H,3,5-10,12H2,1-2,4H3;2*1-2H3. The fraction of sp³-hybridized carbons (Fsp3) is 0.714. The van der Waals surface area contributed by atoms with Crippen LogP contribution in [0.4, 0.5) is 4.39 Å². The van der Waals surface area contributed by atoms with Gasteiger partial charge in [-0.3, -0.25) is 0 Å². The van der Waals surface area contributed by atoms with Gasteiger partial charge in [0.15, 0.2) is 0 Å². The summed E-state index contributed by atoms with van der Waals surface area (Å²) >= 11 is 0. The summed E-state index contributed by atoms with van der Waals surface area (Å²) < 4.78 is 13.5. The van der Waals surface area contributed by atoms with Gasteiger partial charge in [0.05, 0.1) is 0 Å². The number of nitrogens with zero attached hydrogens (tertiary/aromatic N) is 1. The summed E-state index contributed by atoms with van der Waals surface area (Å²) in [6.45, 7) is 16.7. The lowest BCUT2D eigenvalue weighted by Gasteiger charge is -2.50. The summed E-state index contributed by atoms with van der Waals surface area (Å²) in [6.07, 6.45) is 8.81. The van der Waals surface area contributed by atoms with Crippen molar-refractivity contribution in [2.75, 3.05) is 7.05 Å². The van der Waals surface area contributed by atoms with E-state index in [1.54, 1.807) is 6.08 Å². The molecular weight excluding hydrogens is 285 g/mol. The van der Waals surface area contributed by atoms with Crippen molar-refractivity contribution in [3.63, 3.8) is 0 Å². The van der Waals surface area contributed by atoms with Crippen LogP contribution in [-0.2, 0) is 0 Å². The minimum atomic E-state index is 0.00628. The van der Waals surface area contributed by atoms with Gasteiger partial charge in [-0.15, -0.1) is 0 Å². The molecule has 1 heterocycles. The van der Waals surface area contributed by atoms with Gasteiger partial charge in [-0.05, 0) is 42.9 Å². The van der Waals surface area contributed by atoms with Gasteiger partial charge >= 0.3 is 0 Å². The maximum absolute atomic E-state index is 13.5. The van der Waals surface area contributed by atoms with E-state index in [0.717, 1.165) is 24.0 Å². The van der Waals surface area contributed by atoms with Crippen LogP contribution in [0.3, 0.4) is 0 Å². The maximum atomic E-state index is 13.5. The summed E-state index contributed by atoms with van der Waals surface area (Å²) in [5.41, 5.74) is 3.71. The predicted molar refractivity (Wildman–Crippen MR) is 102 cm³/mol. The first kappa shape index (κ1) is 21.9. The molecule has 0 aromatic heterocycles. The summed E-state index contributed by atoms with van der Waals surface area (Å²) in [5.74, 6) is 0.00628. The zero-order valence-corrected chi connectivity index (χ0v) is 16.6. The van der Waals surface area contributed by atoms with Gasteiger partial charge in [0, 0.05) is 24.7 Å². The van der Waals surface area contributed by atoms with Crippen LogP contribution in [0.5, 0.6) is 0 Å². The number of rotatable bonds is 4. The van der Waals surface area contributed by atoms with Crippen LogP contribution in [0.15, 0.2) is 35.3 Å². The van der Waals surface area contributed by atoms with Gasteiger partial charge in [0.25, 0.3) is 0 Å². The highest BCUT2D eigenvalue weighted by Gasteiger charge is 2.40. The average Bonchev–Trinajstić information content (AvgIpc) is 2.57. The van der Waals surface area contributed by atoms with Gasteiger partial charge < -0.3 is 4.90 Å². The molecule has 0 saturated carbocycles. The molecule has 0 unspecified atom stereocenters. The molecule has 0 bridgehead atoms. The molecule has 0 saturated heterocycles. The predicted octanol–water partition coefficient (Wildman–Crippen LogP) is 7.17. The van der Waals surface area contributed by atoms with Crippen LogP contribution in [0.1, 0.15) is 86.5 Å². The molecule has 23 heavy (non-hydrogen) atoms. The molecule has 2 rings (SSSR count). The highest BCUT2D eigenvalue weighted by molar-refractivity contribution is 5.48. The van der Waals surface area contributed by atoms with Crippen LogP contribution in [-0.4, -0.2) is 17.5 Å². The molecule has 0 N–H and O–H groups in total. The molecule has 0 atom stereocenters. The molecule has 0 spiro atoms. The minimum absolute atomic E-state index is 0.00628. The largest absolute Gasteiger partial charge is 0.371 e. The fourth-order valence-corrected chi connectivity index (χ4v) is 3.80. The number of hydrogen-bond donors (Lipinski definition) is 0. The molecule has 134 valence electrons. The van der Waals surface area contributed by atoms with Crippen LogP contribution in [0.25, 0.3) is 0 Å². The van der Waals surface area contributed by atoms with Crippen molar-refractivity contribution < 1.29 is 4.39 Å². The third-order valence-corrected chi connectivity index (χ3v) is 4.68. The number of allylic oxidation sites excluding steroid dienone is 4. The molecule has 0 aromatic rings. The molecule has 0 amide bonds. The Kier molecular flexibility index (Phi) is 10.2. The highest BCUT2D eigenvalue weighted by Crippen LogP contribution is 2.45. The van der Waals surface area contributed by atoms with E-state index in [1.807, 2.05) is 27.7 Å². The van der Waals surface area contributed by atoms with E-state index in [2.05, 4.69) is 32.4 Å².